The van der Waals surface area contributed by atoms with Gasteiger partial charge in [-0.15, -0.1) is 0 Å². The highest BCUT2D eigenvalue weighted by Gasteiger charge is 2.20. The minimum absolute atomic E-state index is 0.0485. The number of methoxy groups -OCH3 is 1. The smallest absolute Gasteiger partial charge is 0.348 e. The lowest BCUT2D eigenvalue weighted by Gasteiger charge is -2.15. The van der Waals surface area contributed by atoms with Gasteiger partial charge in [-0.05, 0) is 66.1 Å². The Hall–Kier alpha value is -4.53. The third-order valence-electron chi connectivity index (χ3n) is 5.72. The van der Waals surface area contributed by atoms with E-state index in [1.54, 1.807) is 75.8 Å². The number of nitrogens with zero attached hydrogens (tertiary/aromatic N) is 3. The number of amides is 1. The van der Waals surface area contributed by atoms with Gasteiger partial charge < -0.3 is 19.5 Å². The zero-order valence-corrected chi connectivity index (χ0v) is 20.8. The number of phenols is 1. The number of hydrogen-bond acceptors (Lipinski definition) is 6. The summed E-state index contributed by atoms with van der Waals surface area (Å²) in [7, 11) is 4.95. The summed E-state index contributed by atoms with van der Waals surface area (Å²) >= 11 is 0. The molecule has 1 aromatic heterocycles. The second kappa shape index (κ2) is 9.99. The summed E-state index contributed by atoms with van der Waals surface area (Å²) in [5, 5.41) is 17.3. The molecule has 0 bridgehead atoms. The summed E-state index contributed by atoms with van der Waals surface area (Å²) in [6, 6.07) is 17.1. The van der Waals surface area contributed by atoms with Crippen molar-refractivity contribution in [2.45, 2.75) is 19.8 Å². The molecule has 9 nitrogen and oxygen atoms in total. The lowest BCUT2D eigenvalue weighted by molar-refractivity contribution is 0.0827. The molecule has 0 fully saturated rings. The number of H-pyrrole nitrogens is 1. The van der Waals surface area contributed by atoms with E-state index in [-0.39, 0.29) is 23.4 Å². The number of rotatable bonds is 7. The van der Waals surface area contributed by atoms with Crippen LogP contribution < -0.4 is 15.2 Å². The van der Waals surface area contributed by atoms with Gasteiger partial charge in [-0.25, -0.2) is 14.5 Å². The van der Waals surface area contributed by atoms with Crippen LogP contribution in [0.5, 0.6) is 23.0 Å². The molecule has 0 unspecified atom stereocenters. The second-order valence-corrected chi connectivity index (χ2v) is 8.77. The van der Waals surface area contributed by atoms with E-state index in [0.29, 0.717) is 34.1 Å². The van der Waals surface area contributed by atoms with E-state index < -0.39 is 5.69 Å². The van der Waals surface area contributed by atoms with Crippen LogP contribution in [0.2, 0.25) is 0 Å². The van der Waals surface area contributed by atoms with Crippen LogP contribution in [0.25, 0.3) is 17.1 Å². The topological polar surface area (TPSA) is 110 Å². The van der Waals surface area contributed by atoms with Crippen LogP contribution >= 0.6 is 0 Å². The molecule has 4 aromatic rings. The lowest BCUT2D eigenvalue weighted by Crippen LogP contribution is -2.21. The van der Waals surface area contributed by atoms with Crippen molar-refractivity contribution >= 4 is 5.91 Å². The number of aromatic amines is 1. The Bertz CT molecular complexity index is 1430. The Balaban J connectivity index is 1.63. The predicted molar refractivity (Wildman–Crippen MR) is 136 cm³/mol. The van der Waals surface area contributed by atoms with E-state index in [4.69, 9.17) is 9.47 Å². The summed E-state index contributed by atoms with van der Waals surface area (Å²) in [6.07, 6.45) is 0. The van der Waals surface area contributed by atoms with Gasteiger partial charge in [-0.2, -0.15) is 5.10 Å². The van der Waals surface area contributed by atoms with Gasteiger partial charge in [0.05, 0.1) is 18.4 Å². The van der Waals surface area contributed by atoms with Crippen molar-refractivity contribution in [1.82, 2.24) is 19.7 Å². The second-order valence-electron chi connectivity index (χ2n) is 8.77. The average Bonchev–Trinajstić information content (AvgIpc) is 3.25. The molecule has 1 heterocycles. The number of hydrogen-bond donors (Lipinski definition) is 2. The lowest BCUT2D eigenvalue weighted by atomic mass is 9.98. The number of carbonyl (C=O) groups excluding carboxylic acids is 1. The molecule has 1 amide bonds. The monoisotopic (exact) mass is 488 g/mol. The van der Waals surface area contributed by atoms with Crippen molar-refractivity contribution < 1.29 is 19.4 Å². The highest BCUT2D eigenvalue weighted by molar-refractivity contribution is 5.93. The van der Waals surface area contributed by atoms with Crippen LogP contribution in [-0.4, -0.2) is 51.9 Å². The fourth-order valence-corrected chi connectivity index (χ4v) is 3.83. The molecule has 0 aliphatic rings. The van der Waals surface area contributed by atoms with Crippen molar-refractivity contribution in [3.63, 3.8) is 0 Å². The van der Waals surface area contributed by atoms with Crippen molar-refractivity contribution in [1.29, 1.82) is 0 Å². The molecule has 4 rings (SSSR count). The molecule has 0 aliphatic heterocycles. The maximum atomic E-state index is 12.7. The van der Waals surface area contributed by atoms with Gasteiger partial charge in [0, 0.05) is 25.7 Å². The Morgan fingerprint density at radius 3 is 2.19 bits per heavy atom. The van der Waals surface area contributed by atoms with Gasteiger partial charge in [0.25, 0.3) is 5.91 Å². The number of phenolic OH excluding ortho intramolecular Hbond substituents is 1. The van der Waals surface area contributed by atoms with Gasteiger partial charge in [-0.3, -0.25) is 4.79 Å². The Morgan fingerprint density at radius 2 is 1.64 bits per heavy atom. The SMILES string of the molecule is COc1cc(O)c(-c2n[nH]c(=O)n2-c2ccc(Oc3ccc(C(=O)N(C)C)cc3)cc2)cc1C(C)C. The van der Waals surface area contributed by atoms with Gasteiger partial charge in [0.15, 0.2) is 5.82 Å². The first-order valence-electron chi connectivity index (χ1n) is 11.4. The molecular weight excluding hydrogens is 460 g/mol. The highest BCUT2D eigenvalue weighted by Crippen LogP contribution is 2.38. The van der Waals surface area contributed by atoms with Crippen LogP contribution in [0, 0.1) is 0 Å². The third kappa shape index (κ3) is 4.81. The van der Waals surface area contributed by atoms with E-state index in [9.17, 15) is 14.7 Å². The molecule has 0 atom stereocenters. The fourth-order valence-electron chi connectivity index (χ4n) is 3.83. The average molecular weight is 489 g/mol. The van der Waals surface area contributed by atoms with Gasteiger partial charge in [0.2, 0.25) is 0 Å². The van der Waals surface area contributed by atoms with Crippen molar-refractivity contribution in [3.05, 3.63) is 82.3 Å². The standard InChI is InChI=1S/C27H28N4O5/c1-16(2)21-14-22(23(32)15-24(21)35-5)25-28-29-27(34)31(25)18-8-12-20(13-9-18)36-19-10-6-17(7-11-19)26(33)30(3)4/h6-16,32H,1-5H3,(H,29,34). The summed E-state index contributed by atoms with van der Waals surface area (Å²) < 4.78 is 12.7. The molecule has 36 heavy (non-hydrogen) atoms. The number of nitrogens with one attached hydrogen (secondary N) is 1. The summed E-state index contributed by atoms with van der Waals surface area (Å²) in [5.74, 6) is 1.96. The van der Waals surface area contributed by atoms with E-state index in [1.807, 2.05) is 13.8 Å². The molecule has 0 aliphatic carbocycles. The Kier molecular flexibility index (Phi) is 6.82. The van der Waals surface area contributed by atoms with Crippen LogP contribution in [0.4, 0.5) is 0 Å². The predicted octanol–water partition coefficient (Wildman–Crippen LogP) is 4.56. The van der Waals surface area contributed by atoms with Crippen molar-refractivity contribution in [2.24, 2.45) is 0 Å². The van der Waals surface area contributed by atoms with Crippen LogP contribution in [0.1, 0.15) is 35.7 Å². The Morgan fingerprint density at radius 1 is 1.03 bits per heavy atom. The highest BCUT2D eigenvalue weighted by atomic mass is 16.5. The van der Waals surface area contributed by atoms with E-state index in [0.717, 1.165) is 5.56 Å². The zero-order chi connectivity index (χ0) is 26.0. The minimum atomic E-state index is -0.443. The fraction of sp³-hybridized carbons (Fsp3) is 0.222. The summed E-state index contributed by atoms with van der Waals surface area (Å²) in [5.41, 5.74) is 1.96. The largest absolute Gasteiger partial charge is 0.507 e. The zero-order valence-electron chi connectivity index (χ0n) is 20.8. The first-order valence-corrected chi connectivity index (χ1v) is 11.4. The minimum Gasteiger partial charge on any atom is -0.507 e. The molecule has 186 valence electrons. The quantitative estimate of drug-likeness (QED) is 0.395. The van der Waals surface area contributed by atoms with Gasteiger partial charge in [-0.1, -0.05) is 13.8 Å². The maximum absolute atomic E-state index is 12.7. The van der Waals surface area contributed by atoms with Crippen LogP contribution in [-0.2, 0) is 0 Å². The summed E-state index contributed by atoms with van der Waals surface area (Å²) in [4.78, 5) is 26.2. The molecule has 2 N–H and O–H groups in total. The normalized spacial score (nSPS) is 10.9. The van der Waals surface area contributed by atoms with Crippen molar-refractivity contribution in [3.8, 4) is 40.1 Å². The number of benzene rings is 3. The maximum Gasteiger partial charge on any atom is 0.348 e. The third-order valence-corrected chi connectivity index (χ3v) is 5.72. The molecule has 0 radical (unpaired) electrons. The van der Waals surface area contributed by atoms with E-state index in [2.05, 4.69) is 10.2 Å². The molecule has 9 heteroatoms. The summed E-state index contributed by atoms with van der Waals surface area (Å²) in [6.45, 7) is 4.03. The van der Waals surface area contributed by atoms with Crippen molar-refractivity contribution in [2.75, 3.05) is 21.2 Å². The van der Waals surface area contributed by atoms with Crippen LogP contribution in [0.15, 0.2) is 65.5 Å². The number of carbonyl (C=O) groups is 1. The number of ether oxygens (including phenoxy) is 2. The molecule has 0 saturated carbocycles. The molecule has 0 spiro atoms. The number of aromatic hydroxyl groups is 1. The van der Waals surface area contributed by atoms with Gasteiger partial charge in [0.1, 0.15) is 23.0 Å². The first-order chi connectivity index (χ1) is 17.2. The Labute approximate surface area is 208 Å². The van der Waals surface area contributed by atoms with Gasteiger partial charge >= 0.3 is 5.69 Å². The van der Waals surface area contributed by atoms with E-state index in [1.165, 1.54) is 15.5 Å². The molecule has 0 saturated heterocycles. The van der Waals surface area contributed by atoms with E-state index >= 15 is 0 Å². The van der Waals surface area contributed by atoms with Crippen LogP contribution in [0.3, 0.4) is 0 Å². The first kappa shape index (κ1) is 24.6. The molecule has 3 aromatic carbocycles. The number of aromatic nitrogens is 3. The molecular formula is C27H28N4O5.